The van der Waals surface area contributed by atoms with Crippen LogP contribution in [0.1, 0.15) is 77.6 Å². The van der Waals surface area contributed by atoms with Crippen LogP contribution in [-0.4, -0.2) is 47.2 Å². The molecule has 2 N–H and O–H groups in total. The molecule has 0 spiro atoms. The fourth-order valence-corrected chi connectivity index (χ4v) is 8.35. The molecule has 202 valence electrons. The minimum absolute atomic E-state index is 0.127. The van der Waals surface area contributed by atoms with Gasteiger partial charge in [-0.2, -0.15) is 0 Å². The van der Waals surface area contributed by atoms with Crippen molar-refractivity contribution in [3.05, 3.63) is 29.4 Å². The van der Waals surface area contributed by atoms with Gasteiger partial charge in [-0.15, -0.1) is 11.3 Å². The first-order valence-corrected chi connectivity index (χ1v) is 16.0. The average Bonchev–Trinajstić information content (AvgIpc) is 3.26. The lowest BCUT2D eigenvalue weighted by Gasteiger charge is -2.29. The zero-order chi connectivity index (χ0) is 26.8. The first kappa shape index (κ1) is 27.6. The lowest BCUT2D eigenvalue weighted by Crippen LogP contribution is -2.38. The second-order valence-electron chi connectivity index (χ2n) is 11.3. The molecule has 1 aliphatic carbocycles. The van der Waals surface area contributed by atoms with E-state index in [1.54, 1.807) is 11.3 Å². The molecule has 2 aromatic rings. The molecule has 2 fully saturated rings. The Morgan fingerprint density at radius 2 is 1.81 bits per heavy atom. The number of thiazole rings is 1. The van der Waals surface area contributed by atoms with Gasteiger partial charge in [-0.25, -0.2) is 14.6 Å². The average molecular weight is 548 g/mol. The SMILES string of the molecule is CC(C)OC(=O)NC1CCC(c2ncc(-c3ccc(NC(=O)OC(C)(C)C)cc3P3(=O)CCC3)s2)CC1. The molecule has 1 aromatic carbocycles. The standard InChI is InChI=1S/C27H38N3O5PS/c1-17(2)34-25(31)29-19-9-7-18(8-10-19)24-28-16-23(37-24)21-12-11-20(30-26(32)35-27(3,4)5)15-22(21)36(33)13-6-14-36/h11-12,15-19H,6-10,13-14H2,1-5H3,(H,29,31)(H,30,32). The molecule has 37 heavy (non-hydrogen) atoms. The van der Waals surface area contributed by atoms with Crippen molar-refractivity contribution in [3.8, 4) is 10.4 Å². The topological polar surface area (TPSA) is 107 Å². The summed E-state index contributed by atoms with van der Waals surface area (Å²) in [5, 5.41) is 7.66. The maximum Gasteiger partial charge on any atom is 0.412 e. The van der Waals surface area contributed by atoms with Crippen LogP contribution < -0.4 is 15.9 Å². The molecule has 1 saturated carbocycles. The van der Waals surface area contributed by atoms with Crippen LogP contribution in [0.3, 0.4) is 0 Å². The van der Waals surface area contributed by atoms with E-state index in [1.165, 1.54) is 0 Å². The van der Waals surface area contributed by atoms with E-state index in [9.17, 15) is 14.2 Å². The number of nitrogens with zero attached hydrogens (tertiary/aromatic N) is 1. The molecule has 4 rings (SSSR count). The first-order chi connectivity index (χ1) is 17.4. The normalized spacial score (nSPS) is 21.1. The number of hydrogen-bond acceptors (Lipinski definition) is 7. The molecule has 0 bridgehead atoms. The predicted octanol–water partition coefficient (Wildman–Crippen LogP) is 6.71. The van der Waals surface area contributed by atoms with Crippen LogP contribution in [0.2, 0.25) is 0 Å². The van der Waals surface area contributed by atoms with Crippen molar-refractivity contribution in [1.29, 1.82) is 0 Å². The van der Waals surface area contributed by atoms with Gasteiger partial charge in [0.15, 0.2) is 0 Å². The fourth-order valence-electron chi connectivity index (χ4n) is 4.76. The summed E-state index contributed by atoms with van der Waals surface area (Å²) in [7, 11) is -2.48. The van der Waals surface area contributed by atoms with Crippen molar-refractivity contribution in [2.75, 3.05) is 17.6 Å². The van der Waals surface area contributed by atoms with Crippen LogP contribution in [0, 0.1) is 0 Å². The molecular weight excluding hydrogens is 509 g/mol. The molecule has 2 aliphatic rings. The zero-order valence-corrected chi connectivity index (χ0v) is 24.0. The van der Waals surface area contributed by atoms with E-state index in [1.807, 2.05) is 59.0 Å². The molecule has 1 aliphatic heterocycles. The number of benzene rings is 1. The number of carbonyl (C=O) groups is 2. The molecule has 2 amide bonds. The highest BCUT2D eigenvalue weighted by atomic mass is 32.1. The second-order valence-corrected chi connectivity index (χ2v) is 15.5. The van der Waals surface area contributed by atoms with Gasteiger partial charge in [-0.05, 0) is 78.9 Å². The number of alkyl carbamates (subject to hydrolysis) is 1. The van der Waals surface area contributed by atoms with Crippen molar-refractivity contribution in [2.24, 2.45) is 0 Å². The van der Waals surface area contributed by atoms with Crippen LogP contribution in [0.4, 0.5) is 15.3 Å². The number of ether oxygens (including phenoxy) is 2. The first-order valence-electron chi connectivity index (χ1n) is 13.1. The highest BCUT2D eigenvalue weighted by molar-refractivity contribution is 7.73. The minimum atomic E-state index is -2.48. The van der Waals surface area contributed by atoms with E-state index >= 15 is 0 Å². The number of amides is 2. The van der Waals surface area contributed by atoms with Gasteiger partial charge >= 0.3 is 12.2 Å². The zero-order valence-electron chi connectivity index (χ0n) is 22.3. The Morgan fingerprint density at radius 1 is 1.11 bits per heavy atom. The number of carbonyl (C=O) groups excluding carboxylic acids is 2. The summed E-state index contributed by atoms with van der Waals surface area (Å²) < 4.78 is 24.2. The van der Waals surface area contributed by atoms with E-state index < -0.39 is 18.8 Å². The Balaban J connectivity index is 1.47. The Bertz CT molecular complexity index is 1170. The van der Waals surface area contributed by atoms with Gasteiger partial charge in [0.05, 0.1) is 16.0 Å². The van der Waals surface area contributed by atoms with E-state index in [0.29, 0.717) is 23.9 Å². The lowest BCUT2D eigenvalue weighted by molar-refractivity contribution is 0.0635. The molecule has 2 heterocycles. The lowest BCUT2D eigenvalue weighted by atomic mass is 9.86. The molecule has 0 unspecified atom stereocenters. The van der Waals surface area contributed by atoms with Gasteiger partial charge in [-0.3, -0.25) is 5.32 Å². The third-order valence-electron chi connectivity index (χ3n) is 6.65. The van der Waals surface area contributed by atoms with Gasteiger partial charge in [0.2, 0.25) is 0 Å². The smallest absolute Gasteiger partial charge is 0.412 e. The summed E-state index contributed by atoms with van der Waals surface area (Å²) in [6.07, 6.45) is 6.89. The highest BCUT2D eigenvalue weighted by Gasteiger charge is 2.35. The maximum atomic E-state index is 13.6. The molecule has 0 radical (unpaired) electrons. The largest absolute Gasteiger partial charge is 0.447 e. The summed E-state index contributed by atoms with van der Waals surface area (Å²) in [6.45, 7) is 9.14. The monoisotopic (exact) mass is 547 g/mol. The van der Waals surface area contributed by atoms with E-state index in [4.69, 9.17) is 14.5 Å². The molecule has 8 nitrogen and oxygen atoms in total. The highest BCUT2D eigenvalue weighted by Crippen LogP contribution is 2.56. The van der Waals surface area contributed by atoms with Gasteiger partial charge in [0.1, 0.15) is 12.7 Å². The Kier molecular flexibility index (Phi) is 8.34. The molecule has 10 heteroatoms. The summed E-state index contributed by atoms with van der Waals surface area (Å²) in [5.74, 6) is 0.342. The van der Waals surface area contributed by atoms with E-state index in [2.05, 4.69) is 10.6 Å². The molecule has 1 saturated heterocycles. The van der Waals surface area contributed by atoms with Crippen LogP contribution >= 0.6 is 18.5 Å². The number of aromatic nitrogens is 1. The Hall–Kier alpha value is -2.38. The van der Waals surface area contributed by atoms with Gasteiger partial charge in [0, 0.05) is 47.0 Å². The van der Waals surface area contributed by atoms with Gasteiger partial charge in [-0.1, -0.05) is 6.07 Å². The Labute approximate surface area is 223 Å². The Morgan fingerprint density at radius 3 is 2.41 bits per heavy atom. The maximum absolute atomic E-state index is 13.6. The number of hydrogen-bond donors (Lipinski definition) is 2. The van der Waals surface area contributed by atoms with Crippen molar-refractivity contribution in [3.63, 3.8) is 0 Å². The van der Waals surface area contributed by atoms with Crippen LogP contribution in [-0.2, 0) is 14.0 Å². The summed E-state index contributed by atoms with van der Waals surface area (Å²) in [4.78, 5) is 30.0. The third-order valence-corrected chi connectivity index (χ3v) is 11.2. The molecule has 0 atom stereocenters. The fraction of sp³-hybridized carbons (Fsp3) is 0.593. The second kappa shape index (κ2) is 11.2. The summed E-state index contributed by atoms with van der Waals surface area (Å²) in [6, 6.07) is 5.76. The van der Waals surface area contributed by atoms with E-state index in [0.717, 1.165) is 52.9 Å². The van der Waals surface area contributed by atoms with Gasteiger partial charge < -0.3 is 19.4 Å². The van der Waals surface area contributed by atoms with Crippen molar-refractivity contribution < 1.29 is 23.6 Å². The number of anilines is 1. The van der Waals surface area contributed by atoms with Crippen LogP contribution in [0.25, 0.3) is 10.4 Å². The van der Waals surface area contributed by atoms with Crippen molar-refractivity contribution >= 4 is 41.7 Å². The predicted molar refractivity (Wildman–Crippen MR) is 149 cm³/mol. The van der Waals surface area contributed by atoms with E-state index in [-0.39, 0.29) is 18.2 Å². The van der Waals surface area contributed by atoms with Crippen LogP contribution in [0.15, 0.2) is 24.4 Å². The van der Waals surface area contributed by atoms with Gasteiger partial charge in [0.25, 0.3) is 0 Å². The molecule has 1 aromatic heterocycles. The summed E-state index contributed by atoms with van der Waals surface area (Å²) >= 11 is 1.65. The van der Waals surface area contributed by atoms with Crippen molar-refractivity contribution in [2.45, 2.75) is 90.4 Å². The third kappa shape index (κ3) is 7.14. The minimum Gasteiger partial charge on any atom is -0.447 e. The molecular formula is C27H38N3O5PS. The summed E-state index contributed by atoms with van der Waals surface area (Å²) in [5.41, 5.74) is 0.925. The quantitative estimate of drug-likeness (QED) is 0.389. The van der Waals surface area contributed by atoms with Crippen LogP contribution in [0.5, 0.6) is 0 Å². The number of nitrogens with one attached hydrogen (secondary N) is 2. The number of rotatable bonds is 6. The van der Waals surface area contributed by atoms with Crippen molar-refractivity contribution in [1.82, 2.24) is 10.3 Å².